The van der Waals surface area contributed by atoms with E-state index < -0.39 is 10.0 Å². The molecule has 0 atom stereocenters. The van der Waals surface area contributed by atoms with Crippen LogP contribution in [-0.2, 0) is 15.8 Å². The van der Waals surface area contributed by atoms with E-state index in [-0.39, 0.29) is 23.3 Å². The van der Waals surface area contributed by atoms with E-state index in [1.54, 1.807) is 36.5 Å². The summed E-state index contributed by atoms with van der Waals surface area (Å²) in [5.41, 5.74) is 2.67. The Hall–Kier alpha value is -4.16. The Morgan fingerprint density at radius 1 is 1.05 bits per heavy atom. The number of fused-ring (bicyclic) bond motifs is 1. The molecule has 4 aromatic rings. The number of anilines is 2. The van der Waals surface area contributed by atoms with Crippen LogP contribution in [0.3, 0.4) is 0 Å². The number of carbonyl (C=O) groups is 1. The molecule has 226 valence electrons. The van der Waals surface area contributed by atoms with Crippen molar-refractivity contribution >= 4 is 38.6 Å². The van der Waals surface area contributed by atoms with E-state index in [0.29, 0.717) is 65.0 Å². The minimum atomic E-state index is -3.81. The van der Waals surface area contributed by atoms with Crippen molar-refractivity contribution in [2.75, 3.05) is 52.3 Å². The number of hydrogen-bond donors (Lipinski definition) is 1. The number of aryl methyl sites for hydroxylation is 1. The topological polar surface area (TPSA) is 119 Å². The molecule has 11 nitrogen and oxygen atoms in total. The van der Waals surface area contributed by atoms with Gasteiger partial charge < -0.3 is 24.6 Å². The summed E-state index contributed by atoms with van der Waals surface area (Å²) in [6, 6.07) is 14.2. The zero-order valence-corrected chi connectivity index (χ0v) is 25.4. The monoisotopic (exact) mass is 604 g/mol. The molecule has 6 rings (SSSR count). The number of hydrogen-bond acceptors (Lipinski definition) is 9. The molecule has 1 aliphatic carbocycles. The second-order valence-electron chi connectivity index (χ2n) is 11.3. The molecule has 2 aromatic carbocycles. The minimum Gasteiger partial charge on any atom is -0.495 e. The first-order valence-corrected chi connectivity index (χ1v) is 16.1. The standard InChI is InChI=1S/C31H36N6O5S/c1-21-18-37(43(39,40)20-23-7-5-4-6-8-23)28-27(21)29(42-19-22-9-10-22)34-31(33-28)32-25-12-11-24(17-26(25)41-3)30(38)36-15-13-35(2)14-16-36/h4-8,11-12,17-18,22H,9-10,13-16,19-20H2,1-3H3,(H,32,33,34). The molecule has 2 fully saturated rings. The molecule has 43 heavy (non-hydrogen) atoms. The predicted molar refractivity (Wildman–Crippen MR) is 165 cm³/mol. The zero-order valence-electron chi connectivity index (χ0n) is 24.6. The molecule has 1 amide bonds. The van der Waals surface area contributed by atoms with E-state index in [4.69, 9.17) is 9.47 Å². The van der Waals surface area contributed by atoms with Crippen molar-refractivity contribution in [2.24, 2.45) is 5.92 Å². The van der Waals surface area contributed by atoms with E-state index in [9.17, 15) is 13.2 Å². The Morgan fingerprint density at radius 3 is 2.49 bits per heavy atom. The van der Waals surface area contributed by atoms with Gasteiger partial charge in [-0.1, -0.05) is 30.3 Å². The van der Waals surface area contributed by atoms with Gasteiger partial charge in [-0.25, -0.2) is 12.4 Å². The highest BCUT2D eigenvalue weighted by Gasteiger charge is 2.27. The number of carbonyl (C=O) groups excluding carboxylic acids is 1. The molecular weight excluding hydrogens is 568 g/mol. The van der Waals surface area contributed by atoms with Crippen LogP contribution in [0.15, 0.2) is 54.7 Å². The fourth-order valence-corrected chi connectivity index (χ4v) is 6.65. The Balaban J connectivity index is 1.35. The van der Waals surface area contributed by atoms with Crippen molar-refractivity contribution in [2.45, 2.75) is 25.5 Å². The second kappa shape index (κ2) is 11.8. The number of methoxy groups -OCH3 is 1. The first kappa shape index (κ1) is 28.9. The highest BCUT2D eigenvalue weighted by atomic mass is 32.2. The SMILES string of the molecule is COc1cc(C(=O)N2CCN(C)CC2)ccc1Nc1nc(OCC2CC2)c2c(C)cn(S(=O)(=O)Cc3ccccc3)c2n1. The maximum Gasteiger partial charge on any atom is 0.254 e. The molecule has 3 heterocycles. The molecule has 2 aliphatic rings. The molecule has 2 aromatic heterocycles. The fraction of sp³-hybridized carbons (Fsp3) is 0.387. The number of ether oxygens (including phenoxy) is 2. The summed E-state index contributed by atoms with van der Waals surface area (Å²) in [6.45, 7) is 5.32. The molecule has 0 bridgehead atoms. The third kappa shape index (κ3) is 6.30. The van der Waals surface area contributed by atoms with Gasteiger partial charge in [-0.3, -0.25) is 4.79 Å². The van der Waals surface area contributed by atoms with Gasteiger partial charge in [-0.05, 0) is 62.1 Å². The number of piperazine rings is 1. The van der Waals surface area contributed by atoms with Crippen LogP contribution in [0.2, 0.25) is 0 Å². The van der Waals surface area contributed by atoms with Crippen molar-refractivity contribution in [3.05, 3.63) is 71.4 Å². The highest BCUT2D eigenvalue weighted by Crippen LogP contribution is 2.35. The maximum absolute atomic E-state index is 13.6. The number of nitrogens with zero attached hydrogens (tertiary/aromatic N) is 5. The first-order chi connectivity index (χ1) is 20.7. The third-order valence-corrected chi connectivity index (χ3v) is 9.48. The smallest absolute Gasteiger partial charge is 0.254 e. The van der Waals surface area contributed by atoms with Crippen molar-refractivity contribution in [3.8, 4) is 11.6 Å². The zero-order chi connectivity index (χ0) is 30.1. The van der Waals surface area contributed by atoms with Crippen LogP contribution >= 0.6 is 0 Å². The van der Waals surface area contributed by atoms with Gasteiger partial charge in [0.05, 0.1) is 30.5 Å². The molecule has 1 aliphatic heterocycles. The van der Waals surface area contributed by atoms with Crippen LogP contribution in [0, 0.1) is 12.8 Å². The molecule has 1 N–H and O–H groups in total. The number of nitrogens with one attached hydrogen (secondary N) is 1. The predicted octanol–water partition coefficient (Wildman–Crippen LogP) is 4.05. The van der Waals surface area contributed by atoms with Crippen molar-refractivity contribution in [1.82, 2.24) is 23.7 Å². The lowest BCUT2D eigenvalue weighted by atomic mass is 10.1. The quantitative estimate of drug-likeness (QED) is 0.286. The number of amides is 1. The van der Waals surface area contributed by atoms with E-state index in [1.165, 1.54) is 11.1 Å². The third-order valence-electron chi connectivity index (χ3n) is 7.90. The van der Waals surface area contributed by atoms with Crippen molar-refractivity contribution in [1.29, 1.82) is 0 Å². The van der Waals surface area contributed by atoms with Crippen LogP contribution in [0.25, 0.3) is 11.0 Å². The van der Waals surface area contributed by atoms with Crippen molar-refractivity contribution < 1.29 is 22.7 Å². The number of rotatable bonds is 10. The Bertz CT molecular complexity index is 1750. The average molecular weight is 605 g/mol. The number of benzene rings is 2. The molecular formula is C31H36N6O5S. The van der Waals surface area contributed by atoms with E-state index in [0.717, 1.165) is 25.9 Å². The van der Waals surface area contributed by atoms with E-state index >= 15 is 0 Å². The largest absolute Gasteiger partial charge is 0.495 e. The van der Waals surface area contributed by atoms with Gasteiger partial charge in [0, 0.05) is 37.9 Å². The molecule has 0 spiro atoms. The van der Waals surface area contributed by atoms with Gasteiger partial charge in [0.15, 0.2) is 5.65 Å². The summed E-state index contributed by atoms with van der Waals surface area (Å²) in [6.07, 6.45) is 3.77. The van der Waals surface area contributed by atoms with Gasteiger partial charge in [0.1, 0.15) is 5.75 Å². The van der Waals surface area contributed by atoms with Gasteiger partial charge in [-0.2, -0.15) is 9.97 Å². The van der Waals surface area contributed by atoms with Gasteiger partial charge in [-0.15, -0.1) is 0 Å². The van der Waals surface area contributed by atoms with E-state index in [1.807, 2.05) is 37.1 Å². The van der Waals surface area contributed by atoms with Crippen LogP contribution in [0.5, 0.6) is 11.6 Å². The van der Waals surface area contributed by atoms with Crippen LogP contribution in [0.1, 0.15) is 34.3 Å². The van der Waals surface area contributed by atoms with Gasteiger partial charge in [0.25, 0.3) is 5.91 Å². The lowest BCUT2D eigenvalue weighted by Crippen LogP contribution is -2.47. The Kier molecular flexibility index (Phi) is 7.97. The summed E-state index contributed by atoms with van der Waals surface area (Å²) >= 11 is 0. The summed E-state index contributed by atoms with van der Waals surface area (Å²) < 4.78 is 40.2. The molecule has 1 saturated heterocycles. The van der Waals surface area contributed by atoms with Crippen LogP contribution < -0.4 is 14.8 Å². The Labute approximate surface area is 251 Å². The maximum atomic E-state index is 13.6. The van der Waals surface area contributed by atoms with E-state index in [2.05, 4.69) is 20.2 Å². The summed E-state index contributed by atoms with van der Waals surface area (Å²) in [7, 11) is -0.236. The second-order valence-corrected chi connectivity index (χ2v) is 13.1. The molecule has 0 radical (unpaired) electrons. The summed E-state index contributed by atoms with van der Waals surface area (Å²) in [5, 5.41) is 3.74. The minimum absolute atomic E-state index is 0.0525. The summed E-state index contributed by atoms with van der Waals surface area (Å²) in [5.74, 6) is 1.15. The first-order valence-electron chi connectivity index (χ1n) is 14.4. The molecule has 0 unspecified atom stereocenters. The lowest BCUT2D eigenvalue weighted by molar-refractivity contribution is 0.0664. The van der Waals surface area contributed by atoms with Crippen LogP contribution in [-0.4, -0.2) is 85.0 Å². The van der Waals surface area contributed by atoms with Crippen molar-refractivity contribution in [3.63, 3.8) is 0 Å². The normalized spacial score (nSPS) is 15.9. The average Bonchev–Trinajstić information content (AvgIpc) is 3.77. The Morgan fingerprint density at radius 2 is 1.79 bits per heavy atom. The number of aromatic nitrogens is 3. The van der Waals surface area contributed by atoms with Gasteiger partial charge >= 0.3 is 0 Å². The lowest BCUT2D eigenvalue weighted by Gasteiger charge is -2.32. The number of likely N-dealkylation sites (N-methyl/N-ethyl adjacent to an activating group) is 1. The van der Waals surface area contributed by atoms with Gasteiger partial charge in [0.2, 0.25) is 21.9 Å². The highest BCUT2D eigenvalue weighted by molar-refractivity contribution is 7.89. The molecule has 1 saturated carbocycles. The summed E-state index contributed by atoms with van der Waals surface area (Å²) in [4.78, 5) is 26.5. The fourth-order valence-electron chi connectivity index (χ4n) is 5.18. The van der Waals surface area contributed by atoms with Crippen LogP contribution in [0.4, 0.5) is 11.6 Å². The molecule has 12 heteroatoms.